The van der Waals surface area contributed by atoms with Crippen molar-refractivity contribution < 1.29 is 4.39 Å². The van der Waals surface area contributed by atoms with Crippen LogP contribution in [0.3, 0.4) is 0 Å². The summed E-state index contributed by atoms with van der Waals surface area (Å²) in [4.78, 5) is 16.0. The van der Waals surface area contributed by atoms with Crippen molar-refractivity contribution in [3.63, 3.8) is 0 Å². The van der Waals surface area contributed by atoms with E-state index in [1.165, 1.54) is 0 Å². The first-order valence-corrected chi connectivity index (χ1v) is 10.2. The van der Waals surface area contributed by atoms with Gasteiger partial charge in [-0.1, -0.05) is 0 Å². The van der Waals surface area contributed by atoms with Gasteiger partial charge in [-0.25, -0.2) is 19.3 Å². The van der Waals surface area contributed by atoms with Crippen molar-refractivity contribution in [2.75, 3.05) is 18.0 Å². The van der Waals surface area contributed by atoms with Crippen LogP contribution in [-0.2, 0) is 7.05 Å². The van der Waals surface area contributed by atoms with Crippen LogP contribution in [0.25, 0.3) is 32.2 Å². The van der Waals surface area contributed by atoms with Gasteiger partial charge in [0.1, 0.15) is 17.0 Å². The second kappa shape index (κ2) is 6.98. The molecule has 4 aromatic heterocycles. The Balaban J connectivity index is 1.42. The molecule has 1 aliphatic rings. The van der Waals surface area contributed by atoms with E-state index in [-0.39, 0.29) is 0 Å². The van der Waals surface area contributed by atoms with E-state index in [4.69, 9.17) is 9.97 Å². The maximum absolute atomic E-state index is 13.7. The zero-order chi connectivity index (χ0) is 19.1. The molecule has 5 heterocycles. The molecular formula is C21H20FN5S. The van der Waals surface area contributed by atoms with E-state index in [2.05, 4.69) is 11.1 Å². The average molecular weight is 393 g/mol. The van der Waals surface area contributed by atoms with Gasteiger partial charge in [-0.15, -0.1) is 11.3 Å². The number of halogens is 1. The Morgan fingerprint density at radius 1 is 1.11 bits per heavy atom. The highest BCUT2D eigenvalue weighted by atomic mass is 32.1. The molecule has 4 aromatic rings. The molecule has 1 atom stereocenters. The van der Waals surface area contributed by atoms with Gasteiger partial charge in [-0.05, 0) is 43.2 Å². The third-order valence-corrected chi connectivity index (χ3v) is 6.12. The molecule has 0 spiro atoms. The van der Waals surface area contributed by atoms with Gasteiger partial charge in [-0.3, -0.25) is 0 Å². The topological polar surface area (TPSA) is 46.8 Å². The van der Waals surface area contributed by atoms with Crippen LogP contribution in [0.5, 0.6) is 0 Å². The summed E-state index contributed by atoms with van der Waals surface area (Å²) in [6, 6.07) is 10.1. The van der Waals surface area contributed by atoms with Crippen molar-refractivity contribution in [3.05, 3.63) is 48.9 Å². The zero-order valence-corrected chi connectivity index (χ0v) is 16.4. The van der Waals surface area contributed by atoms with Crippen molar-refractivity contribution in [2.24, 2.45) is 7.05 Å². The number of hydrogen-bond acceptors (Lipinski definition) is 5. The first kappa shape index (κ1) is 17.3. The fraction of sp³-hybridized carbons (Fsp3) is 0.286. The summed E-state index contributed by atoms with van der Waals surface area (Å²) < 4.78 is 16.7. The second-order valence-electron chi connectivity index (χ2n) is 7.19. The maximum atomic E-state index is 13.7. The Hall–Kier alpha value is -2.80. The lowest BCUT2D eigenvalue weighted by Gasteiger charge is -2.29. The van der Waals surface area contributed by atoms with Crippen LogP contribution >= 0.6 is 11.3 Å². The molecule has 5 nitrogen and oxygen atoms in total. The number of fused-ring (bicyclic) bond motifs is 1. The number of pyridine rings is 2. The summed E-state index contributed by atoms with van der Waals surface area (Å²) in [6.07, 6.45) is 6.65. The van der Waals surface area contributed by atoms with Gasteiger partial charge in [0.25, 0.3) is 0 Å². The number of rotatable bonds is 3. The Morgan fingerprint density at radius 3 is 2.79 bits per heavy atom. The van der Waals surface area contributed by atoms with Crippen LogP contribution in [0.2, 0.25) is 0 Å². The third-order valence-electron chi connectivity index (χ3n) is 5.06. The first-order chi connectivity index (χ1) is 13.7. The lowest BCUT2D eigenvalue weighted by molar-refractivity contribution is 0.286. The number of hydrogen-bond donors (Lipinski definition) is 0. The van der Waals surface area contributed by atoms with Gasteiger partial charge in [0, 0.05) is 43.3 Å². The summed E-state index contributed by atoms with van der Waals surface area (Å²) in [5, 5.41) is 0.897. The summed E-state index contributed by atoms with van der Waals surface area (Å²) in [7, 11) is 2.00. The number of piperidine rings is 1. The minimum Gasteiger partial charge on any atom is -0.357 e. The summed E-state index contributed by atoms with van der Waals surface area (Å²) >= 11 is 1.61. The maximum Gasteiger partial charge on any atom is 0.171 e. The number of thiazole rings is 1. The van der Waals surface area contributed by atoms with Crippen LogP contribution in [-0.4, -0.2) is 38.8 Å². The molecule has 0 unspecified atom stereocenters. The van der Waals surface area contributed by atoms with Gasteiger partial charge in [0.15, 0.2) is 5.65 Å². The van der Waals surface area contributed by atoms with E-state index in [1.807, 2.05) is 59.4 Å². The van der Waals surface area contributed by atoms with E-state index in [0.717, 1.165) is 51.0 Å². The van der Waals surface area contributed by atoms with Crippen LogP contribution < -0.4 is 4.90 Å². The molecule has 1 saturated heterocycles. The monoisotopic (exact) mass is 393 g/mol. The van der Waals surface area contributed by atoms with Gasteiger partial charge >= 0.3 is 0 Å². The molecule has 0 N–H and O–H groups in total. The molecule has 142 valence electrons. The van der Waals surface area contributed by atoms with Crippen molar-refractivity contribution >= 4 is 27.5 Å². The minimum atomic E-state index is -0.760. The molecular weight excluding hydrogens is 373 g/mol. The Labute approximate surface area is 166 Å². The molecule has 1 fully saturated rings. The second-order valence-corrected chi connectivity index (χ2v) is 8.22. The molecule has 0 bridgehead atoms. The SMILES string of the molecule is Cn1ccc(-c2ccc3sc(-c4ccc(N5CCC[C@H](F)C5)nc4)nc3n2)c1. The van der Waals surface area contributed by atoms with E-state index in [1.54, 1.807) is 11.3 Å². The van der Waals surface area contributed by atoms with Gasteiger partial charge in [0.2, 0.25) is 0 Å². The molecule has 0 saturated carbocycles. The van der Waals surface area contributed by atoms with Gasteiger partial charge < -0.3 is 9.47 Å². The Morgan fingerprint density at radius 2 is 2.04 bits per heavy atom. The first-order valence-electron chi connectivity index (χ1n) is 9.41. The highest BCUT2D eigenvalue weighted by molar-refractivity contribution is 7.21. The fourth-order valence-corrected chi connectivity index (χ4v) is 4.49. The molecule has 0 radical (unpaired) electrons. The van der Waals surface area contributed by atoms with Crippen molar-refractivity contribution in [1.29, 1.82) is 0 Å². The largest absolute Gasteiger partial charge is 0.357 e. The lowest BCUT2D eigenvalue weighted by Crippen LogP contribution is -2.36. The van der Waals surface area contributed by atoms with Gasteiger partial charge in [-0.2, -0.15) is 0 Å². The lowest BCUT2D eigenvalue weighted by atomic mass is 10.1. The number of nitrogens with zero attached hydrogens (tertiary/aromatic N) is 5. The predicted octanol–water partition coefficient (Wildman–Crippen LogP) is 4.70. The minimum absolute atomic E-state index is 0.430. The van der Waals surface area contributed by atoms with Crippen LogP contribution in [0.1, 0.15) is 12.8 Å². The Kier molecular flexibility index (Phi) is 4.31. The van der Waals surface area contributed by atoms with Crippen LogP contribution in [0.15, 0.2) is 48.9 Å². The zero-order valence-electron chi connectivity index (χ0n) is 15.5. The third kappa shape index (κ3) is 3.26. The van der Waals surface area contributed by atoms with E-state index in [9.17, 15) is 4.39 Å². The predicted molar refractivity (Wildman–Crippen MR) is 111 cm³/mol. The highest BCUT2D eigenvalue weighted by Gasteiger charge is 2.20. The van der Waals surface area contributed by atoms with Crippen molar-refractivity contribution in [1.82, 2.24) is 19.5 Å². The molecule has 0 aromatic carbocycles. The molecule has 0 aliphatic carbocycles. The summed E-state index contributed by atoms with van der Waals surface area (Å²) in [5.74, 6) is 0.830. The van der Waals surface area contributed by atoms with Crippen molar-refractivity contribution in [2.45, 2.75) is 19.0 Å². The van der Waals surface area contributed by atoms with E-state index >= 15 is 0 Å². The summed E-state index contributed by atoms with van der Waals surface area (Å²) in [6.45, 7) is 1.29. The van der Waals surface area contributed by atoms with Gasteiger partial charge in [0.05, 0.1) is 16.9 Å². The molecule has 7 heteroatoms. The average Bonchev–Trinajstić information content (AvgIpc) is 3.33. The van der Waals surface area contributed by atoms with Crippen molar-refractivity contribution in [3.8, 4) is 21.8 Å². The number of anilines is 1. The number of alkyl halides is 1. The molecule has 1 aliphatic heterocycles. The standard InChI is InChI=1S/C21H20FN5S/c1-26-10-8-15(12-26)17-5-6-18-20(24-17)25-21(28-18)14-4-7-19(23-11-14)27-9-2-3-16(22)13-27/h4-8,10-12,16H,2-3,9,13H2,1H3/t16-/m0/s1. The van der Waals surface area contributed by atoms with E-state index < -0.39 is 6.17 Å². The van der Waals surface area contributed by atoms with Crippen LogP contribution in [0.4, 0.5) is 10.2 Å². The normalized spacial score (nSPS) is 17.4. The highest BCUT2D eigenvalue weighted by Crippen LogP contribution is 2.31. The smallest absolute Gasteiger partial charge is 0.171 e. The number of aromatic nitrogens is 4. The Bertz CT molecular complexity index is 1120. The van der Waals surface area contributed by atoms with Crippen LogP contribution in [0, 0.1) is 0 Å². The number of aryl methyl sites for hydroxylation is 1. The quantitative estimate of drug-likeness (QED) is 0.506. The molecule has 5 rings (SSSR count). The fourth-order valence-electron chi connectivity index (χ4n) is 3.59. The molecule has 28 heavy (non-hydrogen) atoms. The summed E-state index contributed by atoms with van der Waals surface area (Å²) in [5.41, 5.74) is 3.71. The molecule has 0 amide bonds. The van der Waals surface area contributed by atoms with E-state index in [0.29, 0.717) is 13.0 Å².